The lowest BCUT2D eigenvalue weighted by Crippen LogP contribution is -2.44. The van der Waals surface area contributed by atoms with E-state index in [0.29, 0.717) is 5.02 Å². The van der Waals surface area contributed by atoms with Crippen LogP contribution in [0.15, 0.2) is 29.2 Å². The number of halogens is 1. The van der Waals surface area contributed by atoms with Crippen LogP contribution in [-0.2, 0) is 19.4 Å². The standard InChI is InChI=1S/C14H19ClO4S/c1-13(2,3)19-12(16)14(4,5)20(17,18)11-8-6-10(15)7-9-11/h6-9H,1-5H3. The smallest absolute Gasteiger partial charge is 0.327 e. The van der Waals surface area contributed by atoms with Crippen molar-refractivity contribution in [2.45, 2.75) is 49.9 Å². The van der Waals surface area contributed by atoms with Crippen LogP contribution in [0.1, 0.15) is 34.6 Å². The highest BCUT2D eigenvalue weighted by Gasteiger charge is 2.45. The molecule has 0 N–H and O–H groups in total. The quantitative estimate of drug-likeness (QED) is 0.803. The lowest BCUT2D eigenvalue weighted by molar-refractivity contribution is -0.157. The van der Waals surface area contributed by atoms with Crippen LogP contribution in [-0.4, -0.2) is 24.7 Å². The van der Waals surface area contributed by atoms with Gasteiger partial charge in [-0.3, -0.25) is 4.79 Å². The molecule has 0 radical (unpaired) electrons. The second-order valence-corrected chi connectivity index (χ2v) is 8.90. The molecule has 6 heteroatoms. The Morgan fingerprint density at radius 3 is 1.90 bits per heavy atom. The molecule has 0 unspecified atom stereocenters. The van der Waals surface area contributed by atoms with Gasteiger partial charge in [0.15, 0.2) is 14.6 Å². The van der Waals surface area contributed by atoms with Gasteiger partial charge in [-0.15, -0.1) is 0 Å². The van der Waals surface area contributed by atoms with Crippen LogP contribution in [0.5, 0.6) is 0 Å². The molecule has 0 aliphatic carbocycles. The second kappa shape index (κ2) is 5.37. The molecule has 0 atom stereocenters. The molecule has 0 fully saturated rings. The maximum Gasteiger partial charge on any atom is 0.327 e. The minimum absolute atomic E-state index is 0.0396. The van der Waals surface area contributed by atoms with Crippen molar-refractivity contribution in [1.29, 1.82) is 0 Å². The van der Waals surface area contributed by atoms with E-state index in [0.717, 1.165) is 0 Å². The molecular weight excluding hydrogens is 300 g/mol. The Bertz CT molecular complexity index is 595. The summed E-state index contributed by atoms with van der Waals surface area (Å²) in [5.74, 6) is -0.778. The van der Waals surface area contributed by atoms with Crippen molar-refractivity contribution < 1.29 is 17.9 Å². The Labute approximate surface area is 125 Å². The van der Waals surface area contributed by atoms with E-state index >= 15 is 0 Å². The summed E-state index contributed by atoms with van der Waals surface area (Å²) in [6.45, 7) is 7.75. The minimum atomic E-state index is -3.86. The summed E-state index contributed by atoms with van der Waals surface area (Å²) in [4.78, 5) is 12.2. The summed E-state index contributed by atoms with van der Waals surface area (Å²) in [6, 6.07) is 5.70. The molecule has 1 aromatic carbocycles. The van der Waals surface area contributed by atoms with Gasteiger partial charge in [-0.25, -0.2) is 8.42 Å². The van der Waals surface area contributed by atoms with E-state index < -0.39 is 26.2 Å². The fraction of sp³-hybridized carbons (Fsp3) is 0.500. The first kappa shape index (κ1) is 17.0. The Hall–Kier alpha value is -1.07. The monoisotopic (exact) mass is 318 g/mol. The molecule has 0 aliphatic heterocycles. The van der Waals surface area contributed by atoms with E-state index in [9.17, 15) is 13.2 Å². The number of hydrogen-bond donors (Lipinski definition) is 0. The first-order valence-electron chi connectivity index (χ1n) is 6.11. The number of carbonyl (C=O) groups excluding carboxylic acids is 1. The Kier molecular flexibility index (Phi) is 4.56. The van der Waals surface area contributed by atoms with Gasteiger partial charge in [-0.1, -0.05) is 11.6 Å². The molecule has 0 bridgehead atoms. The number of ether oxygens (including phenoxy) is 1. The first-order valence-corrected chi connectivity index (χ1v) is 7.98. The van der Waals surface area contributed by atoms with Gasteiger partial charge < -0.3 is 4.74 Å². The van der Waals surface area contributed by atoms with Crippen LogP contribution >= 0.6 is 11.6 Å². The van der Waals surface area contributed by atoms with Crippen LogP contribution in [0.25, 0.3) is 0 Å². The van der Waals surface area contributed by atoms with Crippen LogP contribution in [0, 0.1) is 0 Å². The number of hydrogen-bond acceptors (Lipinski definition) is 4. The Balaban J connectivity index is 3.19. The largest absolute Gasteiger partial charge is 0.459 e. The summed E-state index contributed by atoms with van der Waals surface area (Å²) in [7, 11) is -3.86. The zero-order valence-electron chi connectivity index (χ0n) is 12.2. The maximum absolute atomic E-state index is 12.5. The summed E-state index contributed by atoms with van der Waals surface area (Å²) in [5, 5.41) is 0.430. The fourth-order valence-corrected chi connectivity index (χ4v) is 2.89. The zero-order chi connectivity index (χ0) is 15.8. The van der Waals surface area contributed by atoms with E-state index in [2.05, 4.69) is 0 Å². The molecule has 0 saturated heterocycles. The summed E-state index contributed by atoms with van der Waals surface area (Å²) in [5.41, 5.74) is -0.746. The molecule has 0 aliphatic rings. The maximum atomic E-state index is 12.5. The minimum Gasteiger partial charge on any atom is -0.459 e. The highest BCUT2D eigenvalue weighted by atomic mass is 35.5. The van der Waals surface area contributed by atoms with Crippen molar-refractivity contribution in [3.05, 3.63) is 29.3 Å². The number of esters is 1. The summed E-state index contributed by atoms with van der Waals surface area (Å²) < 4.78 is 28.6. The third-order valence-electron chi connectivity index (χ3n) is 2.69. The van der Waals surface area contributed by atoms with Gasteiger partial charge >= 0.3 is 5.97 Å². The van der Waals surface area contributed by atoms with Gasteiger partial charge in [0.05, 0.1) is 4.90 Å². The van der Waals surface area contributed by atoms with Crippen LogP contribution in [0.3, 0.4) is 0 Å². The highest BCUT2D eigenvalue weighted by molar-refractivity contribution is 7.93. The number of rotatable bonds is 3. The SMILES string of the molecule is CC(C)(C)OC(=O)C(C)(C)S(=O)(=O)c1ccc(Cl)cc1. The summed E-state index contributed by atoms with van der Waals surface area (Å²) in [6.07, 6.45) is 0. The Morgan fingerprint density at radius 2 is 1.50 bits per heavy atom. The number of benzene rings is 1. The van der Waals surface area contributed by atoms with Crippen molar-refractivity contribution in [2.75, 3.05) is 0 Å². The number of sulfone groups is 1. The van der Waals surface area contributed by atoms with Crippen LogP contribution in [0.2, 0.25) is 5.02 Å². The highest BCUT2D eigenvalue weighted by Crippen LogP contribution is 2.29. The average molecular weight is 319 g/mol. The average Bonchev–Trinajstić information content (AvgIpc) is 2.26. The van der Waals surface area contributed by atoms with Gasteiger partial charge in [0.2, 0.25) is 0 Å². The molecular formula is C14H19ClO4S. The van der Waals surface area contributed by atoms with Crippen molar-refractivity contribution >= 4 is 27.4 Å². The molecule has 0 saturated carbocycles. The molecule has 1 rings (SSSR count). The van der Waals surface area contributed by atoms with E-state index in [-0.39, 0.29) is 4.90 Å². The molecule has 0 spiro atoms. The Morgan fingerprint density at radius 1 is 1.05 bits per heavy atom. The lowest BCUT2D eigenvalue weighted by atomic mass is 10.1. The second-order valence-electron chi connectivity index (χ2n) is 5.97. The van der Waals surface area contributed by atoms with Gasteiger partial charge in [0, 0.05) is 5.02 Å². The predicted molar refractivity (Wildman–Crippen MR) is 78.6 cm³/mol. The van der Waals surface area contributed by atoms with E-state index in [1.165, 1.54) is 38.1 Å². The first-order chi connectivity index (χ1) is 8.88. The van der Waals surface area contributed by atoms with E-state index in [4.69, 9.17) is 16.3 Å². The van der Waals surface area contributed by atoms with Crippen molar-refractivity contribution in [3.8, 4) is 0 Å². The van der Waals surface area contributed by atoms with Gasteiger partial charge in [0.1, 0.15) is 5.60 Å². The molecule has 20 heavy (non-hydrogen) atoms. The van der Waals surface area contributed by atoms with Gasteiger partial charge in [-0.2, -0.15) is 0 Å². The molecule has 0 heterocycles. The van der Waals surface area contributed by atoms with E-state index in [1.54, 1.807) is 20.8 Å². The van der Waals surface area contributed by atoms with Crippen molar-refractivity contribution in [3.63, 3.8) is 0 Å². The predicted octanol–water partition coefficient (Wildman–Crippen LogP) is 3.23. The van der Waals surface area contributed by atoms with Crippen molar-refractivity contribution in [2.24, 2.45) is 0 Å². The van der Waals surface area contributed by atoms with Crippen LogP contribution in [0.4, 0.5) is 0 Å². The fourth-order valence-electron chi connectivity index (χ4n) is 1.42. The van der Waals surface area contributed by atoms with E-state index in [1.807, 2.05) is 0 Å². The lowest BCUT2D eigenvalue weighted by Gasteiger charge is -2.28. The normalized spacial score (nSPS) is 13.1. The number of carbonyl (C=O) groups is 1. The van der Waals surface area contributed by atoms with Crippen LogP contribution < -0.4 is 0 Å². The third kappa shape index (κ3) is 3.52. The molecule has 112 valence electrons. The summed E-state index contributed by atoms with van der Waals surface area (Å²) >= 11 is 5.74. The van der Waals surface area contributed by atoms with Crippen molar-refractivity contribution in [1.82, 2.24) is 0 Å². The molecule has 1 aromatic rings. The molecule has 0 aromatic heterocycles. The zero-order valence-corrected chi connectivity index (χ0v) is 13.8. The molecule has 0 amide bonds. The third-order valence-corrected chi connectivity index (χ3v) is 5.34. The van der Waals surface area contributed by atoms with Gasteiger partial charge in [-0.05, 0) is 58.9 Å². The van der Waals surface area contributed by atoms with Gasteiger partial charge in [0.25, 0.3) is 0 Å². The topological polar surface area (TPSA) is 60.4 Å². The molecule has 4 nitrogen and oxygen atoms in total.